The van der Waals surface area contributed by atoms with E-state index in [1.807, 2.05) is 16.8 Å². The molecule has 1 atom stereocenters. The van der Waals surface area contributed by atoms with Crippen LogP contribution in [0, 0.1) is 5.92 Å². The van der Waals surface area contributed by atoms with Crippen molar-refractivity contribution in [2.45, 2.75) is 52.5 Å². The number of likely N-dealkylation sites (tertiary alicyclic amines) is 1. The third-order valence-electron chi connectivity index (χ3n) is 6.85. The fourth-order valence-electron chi connectivity index (χ4n) is 5.40. The van der Waals surface area contributed by atoms with Gasteiger partial charge in [-0.2, -0.15) is 5.10 Å². The summed E-state index contributed by atoms with van der Waals surface area (Å²) in [6.07, 6.45) is 5.64. The number of aromatic amines is 1. The van der Waals surface area contributed by atoms with Crippen LogP contribution in [0.15, 0.2) is 35.5 Å². The molecule has 1 aliphatic rings. The molecule has 4 heterocycles. The molecular weight excluding hydrogens is 428 g/mol. The second-order valence-corrected chi connectivity index (χ2v) is 10.2. The minimum absolute atomic E-state index is 0.0254. The van der Waals surface area contributed by atoms with E-state index in [0.29, 0.717) is 17.3 Å². The maximum Gasteiger partial charge on any atom is 0.326 e. The maximum atomic E-state index is 13.2. The van der Waals surface area contributed by atoms with Gasteiger partial charge in [-0.25, -0.2) is 14.3 Å². The van der Waals surface area contributed by atoms with Crippen molar-refractivity contribution in [3.05, 3.63) is 46.8 Å². The van der Waals surface area contributed by atoms with Crippen LogP contribution in [-0.4, -0.2) is 55.8 Å². The van der Waals surface area contributed by atoms with Gasteiger partial charge in [-0.15, -0.1) is 0 Å². The molecule has 180 valence electrons. The summed E-state index contributed by atoms with van der Waals surface area (Å²) in [6, 6.07) is 6.49. The number of nitrogens with one attached hydrogen (secondary N) is 1. The highest BCUT2D eigenvalue weighted by Crippen LogP contribution is 2.36. The first-order valence-electron chi connectivity index (χ1n) is 12.2. The van der Waals surface area contributed by atoms with Crippen molar-refractivity contribution in [2.24, 2.45) is 5.92 Å². The number of hydrogen-bond donors (Lipinski definition) is 1. The van der Waals surface area contributed by atoms with E-state index in [1.54, 1.807) is 11.6 Å². The monoisotopic (exact) mass is 462 g/mol. The Hall–Kier alpha value is -3.13. The number of H-pyrrole nitrogens is 1. The second kappa shape index (κ2) is 8.91. The lowest BCUT2D eigenvalue weighted by atomic mass is 9.92. The molecule has 1 saturated heterocycles. The third-order valence-corrected chi connectivity index (χ3v) is 6.85. The molecule has 1 aliphatic heterocycles. The average molecular weight is 463 g/mol. The van der Waals surface area contributed by atoms with E-state index < -0.39 is 0 Å². The van der Waals surface area contributed by atoms with Crippen LogP contribution in [0.25, 0.3) is 27.8 Å². The van der Waals surface area contributed by atoms with Crippen LogP contribution in [0.3, 0.4) is 0 Å². The quantitative estimate of drug-likeness (QED) is 0.457. The SMILES string of the molecule is COc1cc(-c2cc3[nH]c(=O)n([C@H]4CCCN(CC(C)C)C4)c3cc2C(C)C)cn2ncnc12. The molecule has 4 aromatic rings. The number of rotatable bonds is 6. The highest BCUT2D eigenvalue weighted by molar-refractivity contribution is 5.85. The zero-order valence-electron chi connectivity index (χ0n) is 20.7. The number of hydrogen-bond acceptors (Lipinski definition) is 5. The van der Waals surface area contributed by atoms with Gasteiger partial charge < -0.3 is 14.6 Å². The Labute approximate surface area is 199 Å². The molecule has 5 rings (SSSR count). The first-order valence-corrected chi connectivity index (χ1v) is 12.2. The number of benzene rings is 1. The third kappa shape index (κ3) is 4.00. The normalized spacial score (nSPS) is 17.4. The van der Waals surface area contributed by atoms with Crippen LogP contribution in [0.4, 0.5) is 0 Å². The molecule has 0 saturated carbocycles. The molecule has 3 aromatic heterocycles. The van der Waals surface area contributed by atoms with E-state index in [4.69, 9.17) is 4.74 Å². The second-order valence-electron chi connectivity index (χ2n) is 10.2. The lowest BCUT2D eigenvalue weighted by Gasteiger charge is -2.34. The zero-order chi connectivity index (χ0) is 24.0. The minimum Gasteiger partial charge on any atom is -0.493 e. The van der Waals surface area contributed by atoms with Crippen molar-refractivity contribution < 1.29 is 4.74 Å². The summed E-state index contributed by atoms with van der Waals surface area (Å²) in [5, 5.41) is 4.32. The molecule has 1 aromatic carbocycles. The van der Waals surface area contributed by atoms with E-state index in [9.17, 15) is 4.79 Å². The van der Waals surface area contributed by atoms with E-state index in [0.717, 1.165) is 54.6 Å². The van der Waals surface area contributed by atoms with Crippen LogP contribution in [0.1, 0.15) is 58.1 Å². The maximum absolute atomic E-state index is 13.2. The number of piperidine rings is 1. The Bertz CT molecular complexity index is 1380. The molecular formula is C26H34N6O2. The number of pyridine rings is 1. The van der Waals surface area contributed by atoms with Crippen LogP contribution < -0.4 is 10.4 Å². The Morgan fingerprint density at radius 1 is 1.21 bits per heavy atom. The predicted molar refractivity (Wildman–Crippen MR) is 135 cm³/mol. The molecule has 8 nitrogen and oxygen atoms in total. The molecule has 1 fully saturated rings. The summed E-state index contributed by atoms with van der Waals surface area (Å²) >= 11 is 0. The predicted octanol–water partition coefficient (Wildman–Crippen LogP) is 4.46. The fraction of sp³-hybridized carbons (Fsp3) is 0.500. The lowest BCUT2D eigenvalue weighted by Crippen LogP contribution is -2.40. The Kier molecular flexibility index (Phi) is 5.93. The van der Waals surface area contributed by atoms with Crippen molar-refractivity contribution >= 4 is 16.7 Å². The summed E-state index contributed by atoms with van der Waals surface area (Å²) in [5.41, 5.74) is 5.75. The highest BCUT2D eigenvalue weighted by atomic mass is 16.5. The van der Waals surface area contributed by atoms with Crippen molar-refractivity contribution in [3.63, 3.8) is 0 Å². The van der Waals surface area contributed by atoms with Crippen LogP contribution >= 0.6 is 0 Å². The summed E-state index contributed by atoms with van der Waals surface area (Å²) in [6.45, 7) is 12.0. The molecule has 0 aliphatic carbocycles. The summed E-state index contributed by atoms with van der Waals surface area (Å²) in [5.74, 6) is 1.57. The van der Waals surface area contributed by atoms with Gasteiger partial charge in [-0.05, 0) is 60.5 Å². The fourth-order valence-corrected chi connectivity index (χ4v) is 5.40. The molecule has 1 N–H and O–H groups in total. The van der Waals surface area contributed by atoms with Crippen LogP contribution in [0.2, 0.25) is 0 Å². The van der Waals surface area contributed by atoms with Gasteiger partial charge in [0.1, 0.15) is 6.33 Å². The smallest absolute Gasteiger partial charge is 0.326 e. The van der Waals surface area contributed by atoms with Gasteiger partial charge in [0.2, 0.25) is 0 Å². The Balaban J connectivity index is 1.63. The molecule has 0 bridgehead atoms. The zero-order valence-corrected chi connectivity index (χ0v) is 20.7. The molecule has 8 heteroatoms. The molecule has 0 amide bonds. The van der Waals surface area contributed by atoms with Crippen molar-refractivity contribution in [3.8, 4) is 16.9 Å². The Morgan fingerprint density at radius 3 is 2.76 bits per heavy atom. The molecule has 0 radical (unpaired) electrons. The first kappa shape index (κ1) is 22.7. The van der Waals surface area contributed by atoms with Crippen molar-refractivity contribution in [1.82, 2.24) is 29.0 Å². The van der Waals surface area contributed by atoms with Gasteiger partial charge in [0.25, 0.3) is 0 Å². The van der Waals surface area contributed by atoms with Gasteiger partial charge >= 0.3 is 5.69 Å². The van der Waals surface area contributed by atoms with Gasteiger partial charge in [-0.3, -0.25) is 4.57 Å². The van der Waals surface area contributed by atoms with E-state index in [1.165, 1.54) is 11.9 Å². The first-order chi connectivity index (χ1) is 16.4. The average Bonchev–Trinajstić information content (AvgIpc) is 3.40. The molecule has 0 unspecified atom stereocenters. The summed E-state index contributed by atoms with van der Waals surface area (Å²) in [7, 11) is 1.64. The number of ether oxygens (including phenoxy) is 1. The van der Waals surface area contributed by atoms with Gasteiger partial charge in [-0.1, -0.05) is 27.7 Å². The van der Waals surface area contributed by atoms with Gasteiger partial charge in [0.05, 0.1) is 24.2 Å². The van der Waals surface area contributed by atoms with Crippen LogP contribution in [-0.2, 0) is 0 Å². The minimum atomic E-state index is -0.0254. The number of imidazole rings is 1. The van der Waals surface area contributed by atoms with E-state index in [2.05, 4.69) is 59.8 Å². The Morgan fingerprint density at radius 2 is 2.03 bits per heavy atom. The van der Waals surface area contributed by atoms with E-state index >= 15 is 0 Å². The van der Waals surface area contributed by atoms with Crippen molar-refractivity contribution in [1.29, 1.82) is 0 Å². The molecule has 0 spiro atoms. The topological polar surface area (TPSA) is 80.5 Å². The van der Waals surface area contributed by atoms with Gasteiger partial charge in [0.15, 0.2) is 11.4 Å². The number of nitrogens with zero attached hydrogens (tertiary/aromatic N) is 5. The van der Waals surface area contributed by atoms with Crippen molar-refractivity contribution in [2.75, 3.05) is 26.7 Å². The van der Waals surface area contributed by atoms with Gasteiger partial charge in [0, 0.05) is 24.8 Å². The van der Waals surface area contributed by atoms with Crippen LogP contribution in [0.5, 0.6) is 5.75 Å². The van der Waals surface area contributed by atoms with E-state index in [-0.39, 0.29) is 17.6 Å². The lowest BCUT2D eigenvalue weighted by molar-refractivity contribution is 0.161. The summed E-state index contributed by atoms with van der Waals surface area (Å²) in [4.78, 5) is 23.1. The molecule has 34 heavy (non-hydrogen) atoms. The number of methoxy groups -OCH3 is 1. The summed E-state index contributed by atoms with van der Waals surface area (Å²) < 4.78 is 9.32. The number of aromatic nitrogens is 5. The standard InChI is InChI=1S/C26H34N6O2/c1-16(2)12-30-8-6-7-19(14-30)32-23-11-20(17(3)4)21(10-22(23)29-26(32)33)18-9-24(34-5)25-27-15-28-31(25)13-18/h9-11,13,15-17,19H,6-8,12,14H2,1-5H3,(H,29,33)/t19-/m0/s1. The largest absolute Gasteiger partial charge is 0.493 e. The highest BCUT2D eigenvalue weighted by Gasteiger charge is 2.26. The number of fused-ring (bicyclic) bond motifs is 2.